The molecule has 1 aliphatic heterocycles. The molecular weight excluding hydrogens is 340 g/mol. The number of nitrogens with zero attached hydrogens (tertiary/aromatic N) is 1. The second-order valence-corrected chi connectivity index (χ2v) is 7.25. The molecule has 0 spiro atoms. The normalized spacial score (nSPS) is 18.5. The van der Waals surface area contributed by atoms with Crippen LogP contribution in [0.5, 0.6) is 0 Å². The van der Waals surface area contributed by atoms with Gasteiger partial charge in [-0.25, -0.2) is 13.2 Å². The zero-order chi connectivity index (χ0) is 16.3. The Hall–Kier alpha value is -1.15. The third kappa shape index (κ3) is 3.85. The molecule has 0 bridgehead atoms. The van der Waals surface area contributed by atoms with Gasteiger partial charge in [-0.05, 0) is 44.5 Å². The SMILES string of the molecule is CNCC1CCCN1S(=O)(=O)c1cccc(C(=O)OC)c1C.Cl. The summed E-state index contributed by atoms with van der Waals surface area (Å²) >= 11 is 0. The standard InChI is InChI=1S/C15H22N2O4S.ClH/c1-11-13(15(18)21-3)7-4-8-14(11)22(19,20)17-9-5-6-12(17)10-16-2;/h4,7-8,12,16H,5-6,9-10H2,1-3H3;1H. The van der Waals surface area contributed by atoms with Gasteiger partial charge in [0.05, 0.1) is 17.6 Å². The highest BCUT2D eigenvalue weighted by Gasteiger charge is 2.36. The maximum absolute atomic E-state index is 12.9. The van der Waals surface area contributed by atoms with E-state index in [1.807, 2.05) is 7.05 Å². The number of ether oxygens (including phenoxy) is 1. The van der Waals surface area contributed by atoms with E-state index in [2.05, 4.69) is 5.32 Å². The fraction of sp³-hybridized carbons (Fsp3) is 0.533. The number of nitrogens with one attached hydrogen (secondary N) is 1. The highest BCUT2D eigenvalue weighted by atomic mass is 35.5. The highest BCUT2D eigenvalue weighted by molar-refractivity contribution is 7.89. The van der Waals surface area contributed by atoms with Crippen LogP contribution < -0.4 is 5.32 Å². The van der Waals surface area contributed by atoms with E-state index in [0.717, 1.165) is 12.8 Å². The van der Waals surface area contributed by atoms with Gasteiger partial charge in [0, 0.05) is 19.1 Å². The molecule has 6 nitrogen and oxygen atoms in total. The maximum Gasteiger partial charge on any atom is 0.338 e. The Bertz CT molecular complexity index is 663. The molecule has 1 aliphatic rings. The largest absolute Gasteiger partial charge is 0.465 e. The molecule has 2 rings (SSSR count). The van der Waals surface area contributed by atoms with Gasteiger partial charge in [-0.2, -0.15) is 4.31 Å². The summed E-state index contributed by atoms with van der Waals surface area (Å²) in [6, 6.07) is 4.66. The van der Waals surface area contributed by atoms with Gasteiger partial charge in [-0.15, -0.1) is 12.4 Å². The van der Waals surface area contributed by atoms with Gasteiger partial charge >= 0.3 is 5.97 Å². The number of rotatable bonds is 5. The number of esters is 1. The van der Waals surface area contributed by atoms with Crippen LogP contribution in [-0.4, -0.2) is 52.0 Å². The second-order valence-electron chi connectivity index (χ2n) is 5.39. The summed E-state index contributed by atoms with van der Waals surface area (Å²) in [5, 5.41) is 3.04. The predicted molar refractivity (Wildman–Crippen MR) is 90.6 cm³/mol. The number of hydrogen-bond acceptors (Lipinski definition) is 5. The molecule has 0 aliphatic carbocycles. The van der Waals surface area contributed by atoms with Gasteiger partial charge in [0.2, 0.25) is 10.0 Å². The van der Waals surface area contributed by atoms with Crippen LogP contribution >= 0.6 is 12.4 Å². The maximum atomic E-state index is 12.9. The van der Waals surface area contributed by atoms with E-state index in [1.165, 1.54) is 11.4 Å². The fourth-order valence-electron chi connectivity index (χ4n) is 2.92. The average molecular weight is 363 g/mol. The Kier molecular flexibility index (Phi) is 7.01. The van der Waals surface area contributed by atoms with Crippen molar-refractivity contribution in [3.05, 3.63) is 29.3 Å². The van der Waals surface area contributed by atoms with E-state index in [-0.39, 0.29) is 28.9 Å². The summed E-state index contributed by atoms with van der Waals surface area (Å²) < 4.78 is 32.1. The van der Waals surface area contributed by atoms with Gasteiger partial charge in [0.25, 0.3) is 0 Å². The van der Waals surface area contributed by atoms with Crippen molar-refractivity contribution < 1.29 is 17.9 Å². The second kappa shape index (κ2) is 8.10. The van der Waals surface area contributed by atoms with E-state index >= 15 is 0 Å². The first kappa shape index (κ1) is 19.9. The van der Waals surface area contributed by atoms with Crippen molar-refractivity contribution in [2.24, 2.45) is 0 Å². The minimum atomic E-state index is -3.62. The first-order chi connectivity index (χ1) is 10.4. The summed E-state index contributed by atoms with van der Waals surface area (Å²) in [4.78, 5) is 11.9. The zero-order valence-electron chi connectivity index (χ0n) is 13.5. The van der Waals surface area contributed by atoms with Crippen LogP contribution in [0.3, 0.4) is 0 Å². The van der Waals surface area contributed by atoms with Crippen LogP contribution in [-0.2, 0) is 14.8 Å². The Balaban J connectivity index is 0.00000264. The van der Waals surface area contributed by atoms with Gasteiger partial charge in [0.1, 0.15) is 0 Å². The van der Waals surface area contributed by atoms with Gasteiger partial charge in [0.15, 0.2) is 0 Å². The van der Waals surface area contributed by atoms with Gasteiger partial charge in [-0.1, -0.05) is 6.07 Å². The molecule has 1 N–H and O–H groups in total. The molecule has 1 unspecified atom stereocenters. The number of halogens is 1. The number of carbonyl (C=O) groups excluding carboxylic acids is 1. The molecule has 1 atom stereocenters. The first-order valence-electron chi connectivity index (χ1n) is 7.28. The van der Waals surface area contributed by atoms with Crippen molar-refractivity contribution in [3.8, 4) is 0 Å². The van der Waals surface area contributed by atoms with E-state index in [0.29, 0.717) is 18.7 Å². The molecule has 1 fully saturated rings. The molecule has 0 saturated carbocycles. The number of methoxy groups -OCH3 is 1. The van der Waals surface area contributed by atoms with Crippen molar-refractivity contribution in [1.82, 2.24) is 9.62 Å². The summed E-state index contributed by atoms with van der Waals surface area (Å²) in [5.74, 6) is -0.525. The molecule has 0 amide bonds. The van der Waals surface area contributed by atoms with Crippen molar-refractivity contribution in [3.63, 3.8) is 0 Å². The van der Waals surface area contributed by atoms with E-state index in [4.69, 9.17) is 4.74 Å². The molecule has 1 aromatic rings. The number of benzene rings is 1. The van der Waals surface area contributed by atoms with E-state index in [9.17, 15) is 13.2 Å². The zero-order valence-corrected chi connectivity index (χ0v) is 15.2. The molecule has 23 heavy (non-hydrogen) atoms. The molecule has 1 heterocycles. The topological polar surface area (TPSA) is 75.7 Å². The predicted octanol–water partition coefficient (Wildman–Crippen LogP) is 1.58. The van der Waals surface area contributed by atoms with Crippen LogP contribution in [0.2, 0.25) is 0 Å². The Morgan fingerprint density at radius 3 is 2.74 bits per heavy atom. The molecule has 1 aromatic carbocycles. The lowest BCUT2D eigenvalue weighted by molar-refractivity contribution is 0.0599. The minimum absolute atomic E-state index is 0. The summed E-state index contributed by atoms with van der Waals surface area (Å²) in [5.41, 5.74) is 0.720. The van der Waals surface area contributed by atoms with Crippen molar-refractivity contribution in [1.29, 1.82) is 0 Å². The van der Waals surface area contributed by atoms with Gasteiger partial charge < -0.3 is 10.1 Å². The molecule has 0 aromatic heterocycles. The Morgan fingerprint density at radius 2 is 2.13 bits per heavy atom. The average Bonchev–Trinajstić information content (AvgIpc) is 2.96. The summed E-state index contributed by atoms with van der Waals surface area (Å²) in [6.45, 7) is 2.77. The van der Waals surface area contributed by atoms with Crippen LogP contribution in [0.15, 0.2) is 23.1 Å². The number of hydrogen-bond donors (Lipinski definition) is 1. The third-order valence-corrected chi connectivity index (χ3v) is 6.14. The quantitative estimate of drug-likeness (QED) is 0.805. The first-order valence-corrected chi connectivity index (χ1v) is 8.72. The smallest absolute Gasteiger partial charge is 0.338 e. The highest BCUT2D eigenvalue weighted by Crippen LogP contribution is 2.29. The lowest BCUT2D eigenvalue weighted by Crippen LogP contribution is -2.41. The molecule has 0 radical (unpaired) electrons. The minimum Gasteiger partial charge on any atom is -0.465 e. The van der Waals surface area contributed by atoms with Crippen LogP contribution in [0, 0.1) is 6.92 Å². The van der Waals surface area contributed by atoms with Crippen LogP contribution in [0.1, 0.15) is 28.8 Å². The van der Waals surface area contributed by atoms with Crippen molar-refractivity contribution >= 4 is 28.4 Å². The monoisotopic (exact) mass is 362 g/mol. The van der Waals surface area contributed by atoms with Gasteiger partial charge in [-0.3, -0.25) is 0 Å². The molecule has 130 valence electrons. The van der Waals surface area contributed by atoms with Crippen LogP contribution in [0.25, 0.3) is 0 Å². The fourth-order valence-corrected chi connectivity index (χ4v) is 4.86. The summed E-state index contributed by atoms with van der Waals surface area (Å²) in [6.07, 6.45) is 1.69. The number of carbonyl (C=O) groups is 1. The Labute approximate surface area is 143 Å². The third-order valence-electron chi connectivity index (χ3n) is 4.04. The summed E-state index contributed by atoms with van der Waals surface area (Å²) in [7, 11) is -0.524. The molecular formula is C15H23ClN2O4S. The molecule has 1 saturated heterocycles. The number of sulfonamides is 1. The molecule has 8 heteroatoms. The van der Waals surface area contributed by atoms with Crippen molar-refractivity contribution in [2.45, 2.75) is 30.7 Å². The lowest BCUT2D eigenvalue weighted by atomic mass is 10.1. The lowest BCUT2D eigenvalue weighted by Gasteiger charge is -2.25. The van der Waals surface area contributed by atoms with E-state index < -0.39 is 16.0 Å². The van der Waals surface area contributed by atoms with Crippen LogP contribution in [0.4, 0.5) is 0 Å². The Morgan fingerprint density at radius 1 is 1.43 bits per heavy atom. The van der Waals surface area contributed by atoms with Crippen molar-refractivity contribution in [2.75, 3.05) is 27.2 Å². The number of likely N-dealkylation sites (N-methyl/N-ethyl adjacent to an activating group) is 1. The van der Waals surface area contributed by atoms with E-state index in [1.54, 1.807) is 25.1 Å².